The first kappa shape index (κ1) is 13.6. The van der Waals surface area contributed by atoms with Crippen LogP contribution >= 0.6 is 11.6 Å². The third-order valence-corrected chi connectivity index (χ3v) is 4.79. The second kappa shape index (κ2) is 5.28. The van der Waals surface area contributed by atoms with E-state index in [4.69, 9.17) is 11.6 Å². The smallest absolute Gasteiger partial charge is 0.318 e. The monoisotopic (exact) mass is 317 g/mol. The van der Waals surface area contributed by atoms with Crippen LogP contribution in [-0.2, 0) is 19.5 Å². The number of aromatic nitrogens is 3. The highest BCUT2D eigenvalue weighted by molar-refractivity contribution is 6.31. The predicted octanol–water partition coefficient (Wildman–Crippen LogP) is 2.14. The van der Waals surface area contributed by atoms with E-state index in [0.717, 1.165) is 41.4 Å². The molecule has 1 aromatic heterocycles. The third kappa shape index (κ3) is 2.23. The molecule has 114 valence electrons. The zero-order valence-corrected chi connectivity index (χ0v) is 12.8. The number of fused-ring (bicyclic) bond motifs is 2. The van der Waals surface area contributed by atoms with Crippen molar-refractivity contribution in [2.45, 2.75) is 32.0 Å². The molecule has 0 spiro atoms. The maximum Gasteiger partial charge on any atom is 0.318 e. The Hall–Kier alpha value is -2.08. The number of hydrogen-bond donors (Lipinski definition) is 1. The minimum atomic E-state index is -0.0490. The number of amides is 2. The molecule has 2 amide bonds. The molecule has 22 heavy (non-hydrogen) atoms. The first-order chi connectivity index (χ1) is 10.7. The molecule has 2 aromatic rings. The van der Waals surface area contributed by atoms with Crippen molar-refractivity contribution in [1.29, 1.82) is 0 Å². The van der Waals surface area contributed by atoms with E-state index >= 15 is 0 Å². The van der Waals surface area contributed by atoms with E-state index in [1.54, 1.807) is 11.2 Å². The van der Waals surface area contributed by atoms with Gasteiger partial charge >= 0.3 is 6.03 Å². The molecule has 1 N–H and O–H groups in total. The van der Waals surface area contributed by atoms with Crippen molar-refractivity contribution in [1.82, 2.24) is 25.0 Å². The van der Waals surface area contributed by atoms with Gasteiger partial charge in [-0.1, -0.05) is 23.7 Å². The van der Waals surface area contributed by atoms with Gasteiger partial charge in [-0.3, -0.25) is 0 Å². The molecule has 0 radical (unpaired) electrons. The van der Waals surface area contributed by atoms with Gasteiger partial charge in [-0.15, -0.1) is 10.2 Å². The molecule has 0 bridgehead atoms. The van der Waals surface area contributed by atoms with E-state index in [1.165, 1.54) is 0 Å². The average Bonchev–Trinajstić information content (AvgIpc) is 3.14. The first-order valence-corrected chi connectivity index (χ1v) is 7.79. The van der Waals surface area contributed by atoms with E-state index in [1.807, 2.05) is 22.8 Å². The number of carbonyl (C=O) groups is 1. The highest BCUT2D eigenvalue weighted by atomic mass is 35.5. The topological polar surface area (TPSA) is 63.1 Å². The lowest BCUT2D eigenvalue weighted by Gasteiger charge is -2.28. The van der Waals surface area contributed by atoms with Crippen LogP contribution in [-0.4, -0.2) is 32.2 Å². The summed E-state index contributed by atoms with van der Waals surface area (Å²) in [7, 11) is 0. The van der Waals surface area contributed by atoms with Gasteiger partial charge in [0.25, 0.3) is 0 Å². The quantitative estimate of drug-likeness (QED) is 0.876. The Balaban J connectivity index is 1.47. The van der Waals surface area contributed by atoms with Crippen molar-refractivity contribution >= 4 is 17.6 Å². The van der Waals surface area contributed by atoms with Crippen molar-refractivity contribution in [3.63, 3.8) is 0 Å². The van der Waals surface area contributed by atoms with Crippen LogP contribution in [0.15, 0.2) is 24.5 Å². The summed E-state index contributed by atoms with van der Waals surface area (Å²) >= 11 is 6.22. The minimum absolute atomic E-state index is 0.0426. The number of carbonyl (C=O) groups excluding carboxylic acids is 1. The normalized spacial score (nSPS) is 19.7. The number of nitrogens with one attached hydrogen (secondary N) is 1. The largest absolute Gasteiger partial charge is 0.331 e. The molecule has 2 aliphatic rings. The molecule has 6 nitrogen and oxygen atoms in total. The van der Waals surface area contributed by atoms with Crippen molar-refractivity contribution in [2.75, 3.05) is 6.54 Å². The Bertz CT molecular complexity index is 728. The molecule has 0 fully saturated rings. The maximum atomic E-state index is 12.5. The summed E-state index contributed by atoms with van der Waals surface area (Å²) in [6.07, 6.45) is 3.52. The molecule has 0 saturated carbocycles. The standard InChI is InChI=1S/C15H16ClN5O/c16-12-3-1-2-11-10(12)4-5-13(11)18-15(22)20-6-7-21-9-17-19-14(21)8-20/h1-3,9,13H,4-8H2,(H,18,22). The third-order valence-electron chi connectivity index (χ3n) is 4.44. The Kier molecular flexibility index (Phi) is 3.26. The van der Waals surface area contributed by atoms with Gasteiger partial charge in [0.2, 0.25) is 0 Å². The number of nitrogens with zero attached hydrogens (tertiary/aromatic N) is 4. The van der Waals surface area contributed by atoms with E-state index < -0.39 is 0 Å². The van der Waals surface area contributed by atoms with E-state index in [-0.39, 0.29) is 12.1 Å². The molecular formula is C15H16ClN5O. The highest BCUT2D eigenvalue weighted by Crippen LogP contribution is 2.35. The van der Waals surface area contributed by atoms with E-state index in [2.05, 4.69) is 15.5 Å². The van der Waals surface area contributed by atoms with Crippen molar-refractivity contribution < 1.29 is 4.79 Å². The van der Waals surface area contributed by atoms with Gasteiger partial charge in [0, 0.05) is 18.1 Å². The lowest BCUT2D eigenvalue weighted by molar-refractivity contribution is 0.178. The lowest BCUT2D eigenvalue weighted by Crippen LogP contribution is -2.45. The van der Waals surface area contributed by atoms with Crippen LogP contribution < -0.4 is 5.32 Å². The molecule has 1 atom stereocenters. The molecular weight excluding hydrogens is 302 g/mol. The van der Waals surface area contributed by atoms with Gasteiger partial charge in [0.05, 0.1) is 12.6 Å². The van der Waals surface area contributed by atoms with Crippen LogP contribution in [0.2, 0.25) is 5.02 Å². The summed E-state index contributed by atoms with van der Waals surface area (Å²) in [4.78, 5) is 14.3. The Morgan fingerprint density at radius 3 is 3.18 bits per heavy atom. The van der Waals surface area contributed by atoms with Crippen LogP contribution in [0.25, 0.3) is 0 Å². The lowest BCUT2D eigenvalue weighted by atomic mass is 10.1. The number of hydrogen-bond acceptors (Lipinski definition) is 3. The van der Waals surface area contributed by atoms with Gasteiger partial charge in [-0.25, -0.2) is 4.79 Å². The molecule has 1 aromatic carbocycles. The summed E-state index contributed by atoms with van der Waals surface area (Å²) in [6.45, 7) is 1.91. The van der Waals surface area contributed by atoms with Crippen LogP contribution in [0, 0.1) is 0 Å². The van der Waals surface area contributed by atoms with Crippen LogP contribution in [0.4, 0.5) is 4.79 Å². The fourth-order valence-electron chi connectivity index (χ4n) is 3.24. The number of rotatable bonds is 1. The fourth-order valence-corrected chi connectivity index (χ4v) is 3.52. The minimum Gasteiger partial charge on any atom is -0.331 e. The summed E-state index contributed by atoms with van der Waals surface area (Å²) < 4.78 is 1.98. The zero-order chi connectivity index (χ0) is 15.1. The SMILES string of the molecule is O=C(NC1CCc2c(Cl)cccc21)N1CCn2cnnc2C1. The summed E-state index contributed by atoms with van der Waals surface area (Å²) in [5.74, 6) is 0.830. The summed E-state index contributed by atoms with van der Waals surface area (Å²) in [5, 5.41) is 11.8. The molecule has 7 heteroatoms. The van der Waals surface area contributed by atoms with Crippen LogP contribution in [0.3, 0.4) is 0 Å². The van der Waals surface area contributed by atoms with E-state index in [0.29, 0.717) is 13.1 Å². The summed E-state index contributed by atoms with van der Waals surface area (Å²) in [5.41, 5.74) is 2.30. The molecule has 1 aliphatic heterocycles. The van der Waals surface area contributed by atoms with Gasteiger partial charge in [-0.05, 0) is 30.0 Å². The van der Waals surface area contributed by atoms with Crippen molar-refractivity contribution in [2.24, 2.45) is 0 Å². The molecule has 4 rings (SSSR count). The van der Waals surface area contributed by atoms with Gasteiger partial charge in [0.1, 0.15) is 6.33 Å². The molecule has 0 saturated heterocycles. The van der Waals surface area contributed by atoms with Crippen LogP contribution in [0.5, 0.6) is 0 Å². The van der Waals surface area contributed by atoms with Gasteiger partial charge in [-0.2, -0.15) is 0 Å². The second-order valence-corrected chi connectivity index (χ2v) is 6.12. The van der Waals surface area contributed by atoms with Crippen molar-refractivity contribution in [3.05, 3.63) is 46.5 Å². The second-order valence-electron chi connectivity index (χ2n) is 5.71. The Morgan fingerprint density at radius 2 is 2.27 bits per heavy atom. The van der Waals surface area contributed by atoms with Gasteiger partial charge < -0.3 is 14.8 Å². The number of benzene rings is 1. The first-order valence-electron chi connectivity index (χ1n) is 7.42. The summed E-state index contributed by atoms with van der Waals surface area (Å²) in [6, 6.07) is 5.89. The van der Waals surface area contributed by atoms with E-state index in [9.17, 15) is 4.79 Å². The molecule has 1 aliphatic carbocycles. The molecule has 2 heterocycles. The van der Waals surface area contributed by atoms with Gasteiger partial charge in [0.15, 0.2) is 5.82 Å². The zero-order valence-electron chi connectivity index (χ0n) is 12.0. The molecule has 1 unspecified atom stereocenters. The Labute approximate surface area is 133 Å². The predicted molar refractivity (Wildman–Crippen MR) is 81.5 cm³/mol. The highest BCUT2D eigenvalue weighted by Gasteiger charge is 2.28. The fraction of sp³-hybridized carbons (Fsp3) is 0.400. The number of urea groups is 1. The Morgan fingerprint density at radius 1 is 1.36 bits per heavy atom. The maximum absolute atomic E-state index is 12.5. The van der Waals surface area contributed by atoms with Crippen molar-refractivity contribution in [3.8, 4) is 0 Å². The number of halogens is 1. The average molecular weight is 318 g/mol. The van der Waals surface area contributed by atoms with Crippen LogP contribution in [0.1, 0.15) is 29.4 Å².